The summed E-state index contributed by atoms with van der Waals surface area (Å²) in [4.78, 5) is 12.9. The van der Waals surface area contributed by atoms with E-state index in [1.54, 1.807) is 6.33 Å². The third kappa shape index (κ3) is 3.30. The average Bonchev–Trinajstić information content (AvgIpc) is 2.38. The van der Waals surface area contributed by atoms with E-state index in [0.717, 1.165) is 24.7 Å². The number of aromatic nitrogens is 2. The monoisotopic (exact) mass is 237 g/mol. The minimum Gasteiger partial charge on any atom is -0.357 e. The molecule has 17 heavy (non-hydrogen) atoms. The first-order chi connectivity index (χ1) is 8.13. The summed E-state index contributed by atoms with van der Waals surface area (Å²) < 4.78 is 0. The average molecular weight is 237 g/mol. The Hall–Kier alpha value is -1.36. The summed E-state index contributed by atoms with van der Waals surface area (Å²) in [6.07, 6.45) is 1.61. The van der Waals surface area contributed by atoms with Crippen LogP contribution in [0.15, 0.2) is 12.4 Å². The summed E-state index contributed by atoms with van der Waals surface area (Å²) in [6, 6.07) is 2.29. The fourth-order valence-electron chi connectivity index (χ4n) is 1.63. The van der Waals surface area contributed by atoms with Crippen LogP contribution in [0, 0.1) is 0 Å². The second-order valence-corrected chi connectivity index (χ2v) is 4.10. The zero-order valence-corrected chi connectivity index (χ0v) is 11.2. The first kappa shape index (κ1) is 13.7. The van der Waals surface area contributed by atoms with Crippen LogP contribution in [0.2, 0.25) is 0 Å². The first-order valence-electron chi connectivity index (χ1n) is 6.13. The summed E-state index contributed by atoms with van der Waals surface area (Å²) in [7, 11) is 2.01. The van der Waals surface area contributed by atoms with E-state index in [-0.39, 0.29) is 6.04 Å². The maximum atomic E-state index is 5.67. The number of nitrogens with two attached hydrogens (primary N) is 1. The van der Waals surface area contributed by atoms with Gasteiger partial charge in [0.15, 0.2) is 0 Å². The number of likely N-dealkylation sites (N-methyl/N-ethyl adjacent to an activating group) is 1. The molecule has 0 bridgehead atoms. The zero-order valence-electron chi connectivity index (χ0n) is 11.2. The molecule has 0 aliphatic heterocycles. The van der Waals surface area contributed by atoms with E-state index < -0.39 is 0 Å². The highest BCUT2D eigenvalue weighted by molar-refractivity contribution is 5.50. The third-order valence-electron chi connectivity index (χ3n) is 3.09. The molecule has 1 rings (SSSR count). The van der Waals surface area contributed by atoms with Crippen LogP contribution in [0.1, 0.15) is 20.8 Å². The molecule has 0 aliphatic carbocycles. The number of nitrogens with zero attached hydrogens (tertiary/aromatic N) is 4. The molecule has 96 valence electrons. The zero-order chi connectivity index (χ0) is 12.8. The van der Waals surface area contributed by atoms with Crippen LogP contribution < -0.4 is 15.5 Å². The molecule has 5 heteroatoms. The molecule has 0 aromatic carbocycles. The summed E-state index contributed by atoms with van der Waals surface area (Å²) in [5, 5.41) is 0. The van der Waals surface area contributed by atoms with Crippen molar-refractivity contribution in [2.75, 3.05) is 36.5 Å². The molecule has 0 saturated heterocycles. The first-order valence-corrected chi connectivity index (χ1v) is 6.13. The molecule has 0 spiro atoms. The van der Waals surface area contributed by atoms with Gasteiger partial charge in [0, 0.05) is 38.8 Å². The lowest BCUT2D eigenvalue weighted by atomic mass is 10.3. The highest BCUT2D eigenvalue weighted by atomic mass is 15.2. The summed E-state index contributed by atoms with van der Waals surface area (Å²) in [6.45, 7) is 8.83. The van der Waals surface area contributed by atoms with E-state index in [9.17, 15) is 0 Å². The van der Waals surface area contributed by atoms with Crippen LogP contribution in [0.25, 0.3) is 0 Å². The van der Waals surface area contributed by atoms with Crippen molar-refractivity contribution < 1.29 is 0 Å². The minimum absolute atomic E-state index is 0.273. The molecule has 5 nitrogen and oxygen atoms in total. The van der Waals surface area contributed by atoms with E-state index >= 15 is 0 Å². The molecular weight excluding hydrogens is 214 g/mol. The molecule has 0 radical (unpaired) electrons. The van der Waals surface area contributed by atoms with Crippen molar-refractivity contribution in [3.05, 3.63) is 12.4 Å². The molecule has 1 unspecified atom stereocenters. The Balaban J connectivity index is 2.92. The van der Waals surface area contributed by atoms with E-state index in [1.165, 1.54) is 0 Å². The van der Waals surface area contributed by atoms with Gasteiger partial charge in [0.1, 0.15) is 18.0 Å². The maximum Gasteiger partial charge on any atom is 0.134 e. The molecule has 0 amide bonds. The quantitative estimate of drug-likeness (QED) is 0.803. The van der Waals surface area contributed by atoms with Crippen molar-refractivity contribution in [3.8, 4) is 0 Å². The normalized spacial score (nSPS) is 12.3. The fourth-order valence-corrected chi connectivity index (χ4v) is 1.63. The Morgan fingerprint density at radius 2 is 1.82 bits per heavy atom. The molecule has 1 atom stereocenters. The largest absolute Gasteiger partial charge is 0.357 e. The Labute approximate surface area is 104 Å². The predicted octanol–water partition coefficient (Wildman–Crippen LogP) is 1.11. The molecule has 1 heterocycles. The van der Waals surface area contributed by atoms with Crippen molar-refractivity contribution in [2.45, 2.75) is 26.8 Å². The summed E-state index contributed by atoms with van der Waals surface area (Å²) in [5.74, 6) is 1.89. The molecule has 0 saturated carbocycles. The lowest BCUT2D eigenvalue weighted by Crippen LogP contribution is -2.36. The number of rotatable bonds is 6. The number of hydrogen-bond acceptors (Lipinski definition) is 5. The van der Waals surface area contributed by atoms with Gasteiger partial charge in [-0.05, 0) is 20.8 Å². The van der Waals surface area contributed by atoms with Gasteiger partial charge in [-0.25, -0.2) is 9.97 Å². The minimum atomic E-state index is 0.273. The highest BCUT2D eigenvalue weighted by Gasteiger charge is 2.11. The highest BCUT2D eigenvalue weighted by Crippen LogP contribution is 2.17. The van der Waals surface area contributed by atoms with E-state index in [2.05, 4.69) is 40.5 Å². The van der Waals surface area contributed by atoms with Gasteiger partial charge >= 0.3 is 0 Å². The van der Waals surface area contributed by atoms with Gasteiger partial charge in [-0.15, -0.1) is 0 Å². The topological polar surface area (TPSA) is 58.3 Å². The van der Waals surface area contributed by atoms with Crippen molar-refractivity contribution in [1.29, 1.82) is 0 Å². The molecule has 2 N–H and O–H groups in total. The van der Waals surface area contributed by atoms with Crippen LogP contribution >= 0.6 is 0 Å². The Morgan fingerprint density at radius 3 is 2.35 bits per heavy atom. The Bertz CT molecular complexity index is 337. The van der Waals surface area contributed by atoms with Gasteiger partial charge < -0.3 is 15.5 Å². The second-order valence-electron chi connectivity index (χ2n) is 4.10. The van der Waals surface area contributed by atoms with E-state index in [1.807, 2.05) is 13.1 Å². The van der Waals surface area contributed by atoms with Gasteiger partial charge in [0.05, 0.1) is 0 Å². The van der Waals surface area contributed by atoms with Crippen molar-refractivity contribution in [2.24, 2.45) is 5.73 Å². The lowest BCUT2D eigenvalue weighted by Gasteiger charge is -2.26. The predicted molar refractivity (Wildman–Crippen MR) is 72.5 cm³/mol. The van der Waals surface area contributed by atoms with Crippen LogP contribution in [-0.4, -0.2) is 42.7 Å². The Kier molecular flexibility index (Phi) is 5.15. The lowest BCUT2D eigenvalue weighted by molar-refractivity contribution is 0.685. The SMILES string of the molecule is CCN(CC)c1cc(N(C)C(C)CN)ncn1. The van der Waals surface area contributed by atoms with Crippen LogP contribution in [0.3, 0.4) is 0 Å². The third-order valence-corrected chi connectivity index (χ3v) is 3.09. The molecular formula is C12H23N5. The van der Waals surface area contributed by atoms with Gasteiger partial charge in [0.25, 0.3) is 0 Å². The van der Waals surface area contributed by atoms with Gasteiger partial charge in [-0.2, -0.15) is 0 Å². The van der Waals surface area contributed by atoms with E-state index in [0.29, 0.717) is 6.54 Å². The van der Waals surface area contributed by atoms with Crippen LogP contribution in [0.4, 0.5) is 11.6 Å². The van der Waals surface area contributed by atoms with Crippen LogP contribution in [0.5, 0.6) is 0 Å². The van der Waals surface area contributed by atoms with E-state index in [4.69, 9.17) is 5.73 Å². The van der Waals surface area contributed by atoms with Crippen LogP contribution in [-0.2, 0) is 0 Å². The van der Waals surface area contributed by atoms with Gasteiger partial charge in [-0.1, -0.05) is 0 Å². The molecule has 0 fully saturated rings. The van der Waals surface area contributed by atoms with Gasteiger partial charge in [-0.3, -0.25) is 0 Å². The van der Waals surface area contributed by atoms with Gasteiger partial charge in [0.2, 0.25) is 0 Å². The van der Waals surface area contributed by atoms with Crippen molar-refractivity contribution in [1.82, 2.24) is 9.97 Å². The van der Waals surface area contributed by atoms with Crippen molar-refractivity contribution in [3.63, 3.8) is 0 Å². The smallest absolute Gasteiger partial charge is 0.134 e. The molecule has 1 aromatic heterocycles. The maximum absolute atomic E-state index is 5.67. The molecule has 0 aliphatic rings. The second kappa shape index (κ2) is 6.39. The number of anilines is 2. The summed E-state index contributed by atoms with van der Waals surface area (Å²) in [5.41, 5.74) is 5.67. The summed E-state index contributed by atoms with van der Waals surface area (Å²) >= 11 is 0. The molecule has 1 aromatic rings. The fraction of sp³-hybridized carbons (Fsp3) is 0.667. The standard InChI is InChI=1S/C12H23N5/c1-5-17(6-2)12-7-11(14-9-15-12)16(4)10(3)8-13/h7,9-10H,5-6,8,13H2,1-4H3. The number of hydrogen-bond donors (Lipinski definition) is 1. The van der Waals surface area contributed by atoms with Crippen molar-refractivity contribution >= 4 is 11.6 Å². The Morgan fingerprint density at radius 1 is 1.24 bits per heavy atom.